The van der Waals surface area contributed by atoms with Crippen molar-refractivity contribution in [3.63, 3.8) is 0 Å². The zero-order chi connectivity index (χ0) is 14.5. The normalized spacial score (nSPS) is 22.5. The van der Waals surface area contributed by atoms with E-state index in [2.05, 4.69) is 38.4 Å². The fourth-order valence-electron chi connectivity index (χ4n) is 4.10. The Morgan fingerprint density at radius 2 is 1.52 bits per heavy atom. The number of piperidine rings is 1. The van der Waals surface area contributed by atoms with E-state index in [9.17, 15) is 0 Å². The van der Waals surface area contributed by atoms with Crippen molar-refractivity contribution in [2.45, 2.75) is 51.4 Å². The highest BCUT2D eigenvalue weighted by molar-refractivity contribution is 7.27. The maximum Gasteiger partial charge on any atom is 0.000966 e. The van der Waals surface area contributed by atoms with E-state index in [-0.39, 0.29) is 0 Å². The van der Waals surface area contributed by atoms with E-state index in [4.69, 9.17) is 0 Å². The van der Waals surface area contributed by atoms with E-state index < -0.39 is 0 Å². The Kier molecular flexibility index (Phi) is 5.72. The summed E-state index contributed by atoms with van der Waals surface area (Å²) in [4.78, 5) is 2.75. The van der Waals surface area contributed by atoms with Crippen molar-refractivity contribution in [1.82, 2.24) is 4.90 Å². The van der Waals surface area contributed by atoms with Crippen molar-refractivity contribution >= 4 is 14.5 Å². The molecule has 2 aliphatic rings. The highest BCUT2D eigenvalue weighted by Gasteiger charge is 2.22. The quantitative estimate of drug-likeness (QED) is 0.759. The molecule has 1 heterocycles. The Bertz CT molecular complexity index is 414. The van der Waals surface area contributed by atoms with Crippen LogP contribution in [0.5, 0.6) is 0 Å². The molecular formula is C19H30NP. The van der Waals surface area contributed by atoms with E-state index in [1.54, 1.807) is 0 Å². The maximum atomic E-state index is 2.77. The lowest BCUT2D eigenvalue weighted by molar-refractivity contribution is 0.145. The first-order valence-electron chi connectivity index (χ1n) is 8.86. The fraction of sp³-hybridized carbons (Fsp3) is 0.684. The first-order chi connectivity index (χ1) is 10.3. The van der Waals surface area contributed by atoms with Crippen molar-refractivity contribution in [3.05, 3.63) is 29.8 Å². The van der Waals surface area contributed by atoms with Crippen LogP contribution < -0.4 is 5.30 Å². The molecule has 1 atom stereocenters. The summed E-state index contributed by atoms with van der Waals surface area (Å²) in [5.41, 5.74) is 1.52. The molecule has 1 saturated heterocycles. The maximum absolute atomic E-state index is 2.77. The van der Waals surface area contributed by atoms with Crippen LogP contribution in [-0.2, 0) is 6.42 Å². The van der Waals surface area contributed by atoms with Gasteiger partial charge in [0.25, 0.3) is 0 Å². The van der Waals surface area contributed by atoms with Gasteiger partial charge in [0.05, 0.1) is 0 Å². The Balaban J connectivity index is 1.41. The fourth-order valence-corrected chi connectivity index (χ4v) is 4.29. The van der Waals surface area contributed by atoms with Crippen LogP contribution in [0, 0.1) is 11.8 Å². The van der Waals surface area contributed by atoms with Gasteiger partial charge in [0.15, 0.2) is 0 Å². The summed E-state index contributed by atoms with van der Waals surface area (Å²) in [7, 11) is 2.77. The van der Waals surface area contributed by atoms with E-state index >= 15 is 0 Å². The summed E-state index contributed by atoms with van der Waals surface area (Å²) >= 11 is 0. The van der Waals surface area contributed by atoms with Gasteiger partial charge in [-0.15, -0.1) is 9.24 Å². The zero-order valence-electron chi connectivity index (χ0n) is 13.3. The van der Waals surface area contributed by atoms with Gasteiger partial charge in [0.1, 0.15) is 0 Å². The summed E-state index contributed by atoms with van der Waals surface area (Å²) < 4.78 is 0. The molecule has 0 N–H and O–H groups in total. The molecule has 0 amide bonds. The highest BCUT2D eigenvalue weighted by Crippen LogP contribution is 2.27. The van der Waals surface area contributed by atoms with Gasteiger partial charge in [0.2, 0.25) is 0 Å². The van der Waals surface area contributed by atoms with Crippen LogP contribution in [0.4, 0.5) is 0 Å². The molecule has 2 heteroatoms. The molecule has 0 aromatic heterocycles. The third-order valence-corrected chi connectivity index (χ3v) is 5.84. The second kappa shape index (κ2) is 7.75. The molecule has 0 bridgehead atoms. The van der Waals surface area contributed by atoms with E-state index in [1.807, 2.05) is 0 Å². The molecular weight excluding hydrogens is 273 g/mol. The molecule has 1 aliphatic heterocycles. The largest absolute Gasteiger partial charge is 0.303 e. The zero-order valence-corrected chi connectivity index (χ0v) is 14.4. The smallest absolute Gasteiger partial charge is 0.000966 e. The number of hydrogen-bond donors (Lipinski definition) is 0. The van der Waals surface area contributed by atoms with Gasteiger partial charge in [0, 0.05) is 6.54 Å². The topological polar surface area (TPSA) is 3.24 Å². The van der Waals surface area contributed by atoms with Gasteiger partial charge in [-0.2, -0.15) is 0 Å². The molecule has 0 spiro atoms. The molecule has 1 saturated carbocycles. The van der Waals surface area contributed by atoms with Crippen molar-refractivity contribution in [1.29, 1.82) is 0 Å². The minimum absolute atomic E-state index is 0.906. The summed E-state index contributed by atoms with van der Waals surface area (Å²) in [5.74, 6) is 1.91. The lowest BCUT2D eigenvalue weighted by Gasteiger charge is -2.35. The molecule has 1 unspecified atom stereocenters. The minimum Gasteiger partial charge on any atom is -0.303 e. The standard InChI is InChI=1S/C19H30NP/c21-19-8-6-16(7-9-19)14-17-10-12-20(13-11-17)15-18-4-2-1-3-5-18/h6-9,17-18H,1-5,10-15,21H2. The van der Waals surface area contributed by atoms with Crippen LogP contribution in [0.1, 0.15) is 50.5 Å². The second-order valence-corrected chi connectivity index (χ2v) is 7.86. The Morgan fingerprint density at radius 1 is 0.857 bits per heavy atom. The van der Waals surface area contributed by atoms with Gasteiger partial charge >= 0.3 is 0 Å². The van der Waals surface area contributed by atoms with Gasteiger partial charge in [-0.3, -0.25) is 0 Å². The first-order valence-corrected chi connectivity index (χ1v) is 9.44. The number of rotatable bonds is 4. The molecule has 1 nitrogen and oxygen atoms in total. The molecule has 1 aromatic rings. The predicted molar refractivity (Wildman–Crippen MR) is 95.2 cm³/mol. The lowest BCUT2D eigenvalue weighted by Crippen LogP contribution is -2.38. The van der Waals surface area contributed by atoms with Gasteiger partial charge < -0.3 is 4.90 Å². The van der Waals surface area contributed by atoms with Crippen molar-refractivity contribution in [2.75, 3.05) is 19.6 Å². The highest BCUT2D eigenvalue weighted by atomic mass is 31.0. The molecule has 0 radical (unpaired) electrons. The third kappa shape index (κ3) is 4.80. The van der Waals surface area contributed by atoms with Crippen LogP contribution in [-0.4, -0.2) is 24.5 Å². The predicted octanol–water partition coefficient (Wildman–Crippen LogP) is 4.02. The number of hydrogen-bond acceptors (Lipinski definition) is 1. The van der Waals surface area contributed by atoms with Crippen molar-refractivity contribution in [2.24, 2.45) is 11.8 Å². The number of nitrogens with zero attached hydrogens (tertiary/aromatic N) is 1. The summed E-state index contributed by atoms with van der Waals surface area (Å²) in [6.45, 7) is 4.06. The van der Waals surface area contributed by atoms with Gasteiger partial charge in [-0.25, -0.2) is 0 Å². The van der Waals surface area contributed by atoms with Crippen LogP contribution in [0.3, 0.4) is 0 Å². The Labute approximate surface area is 132 Å². The van der Waals surface area contributed by atoms with E-state index in [0.29, 0.717) is 0 Å². The molecule has 1 aromatic carbocycles. The van der Waals surface area contributed by atoms with E-state index in [1.165, 1.54) is 81.9 Å². The summed E-state index contributed by atoms with van der Waals surface area (Å²) in [6, 6.07) is 9.05. The van der Waals surface area contributed by atoms with E-state index in [0.717, 1.165) is 11.8 Å². The molecule has 21 heavy (non-hydrogen) atoms. The number of benzene rings is 1. The molecule has 1 aliphatic carbocycles. The Hall–Kier alpha value is -0.390. The van der Waals surface area contributed by atoms with Crippen molar-refractivity contribution < 1.29 is 0 Å². The SMILES string of the molecule is Pc1ccc(CC2CCN(CC3CCCCC3)CC2)cc1. The monoisotopic (exact) mass is 303 g/mol. The van der Waals surface area contributed by atoms with Crippen LogP contribution in [0.25, 0.3) is 0 Å². The van der Waals surface area contributed by atoms with Crippen LogP contribution in [0.15, 0.2) is 24.3 Å². The summed E-state index contributed by atoms with van der Waals surface area (Å²) in [6.07, 6.45) is 11.5. The third-order valence-electron chi connectivity index (χ3n) is 5.45. The summed E-state index contributed by atoms with van der Waals surface area (Å²) in [5, 5.41) is 1.29. The minimum atomic E-state index is 0.906. The molecule has 116 valence electrons. The average Bonchev–Trinajstić information content (AvgIpc) is 2.53. The Morgan fingerprint density at radius 3 is 2.19 bits per heavy atom. The van der Waals surface area contributed by atoms with Crippen molar-refractivity contribution in [3.8, 4) is 0 Å². The van der Waals surface area contributed by atoms with Gasteiger partial charge in [-0.1, -0.05) is 43.5 Å². The molecule has 2 fully saturated rings. The average molecular weight is 303 g/mol. The number of likely N-dealkylation sites (tertiary alicyclic amines) is 1. The van der Waals surface area contributed by atoms with Crippen LogP contribution in [0.2, 0.25) is 0 Å². The molecule has 3 rings (SSSR count). The lowest BCUT2D eigenvalue weighted by atomic mass is 9.87. The van der Waals surface area contributed by atoms with Gasteiger partial charge in [-0.05, 0) is 67.9 Å². The first kappa shape index (κ1) is 15.5. The second-order valence-electron chi connectivity index (χ2n) is 7.19. The van der Waals surface area contributed by atoms with Crippen LogP contribution >= 0.6 is 9.24 Å².